The van der Waals surface area contributed by atoms with Crippen LogP contribution in [0, 0.1) is 17.7 Å². The van der Waals surface area contributed by atoms with Gasteiger partial charge in [-0.05, 0) is 43.8 Å². The lowest BCUT2D eigenvalue weighted by Crippen LogP contribution is -2.41. The van der Waals surface area contributed by atoms with Crippen LogP contribution in [0.1, 0.15) is 50.6 Å². The number of ether oxygens (including phenoxy) is 1. The Morgan fingerprint density at radius 1 is 1.33 bits per heavy atom. The van der Waals surface area contributed by atoms with Gasteiger partial charge in [-0.25, -0.2) is 14.4 Å². The Bertz CT molecular complexity index is 875. The van der Waals surface area contributed by atoms with Gasteiger partial charge in [-0.3, -0.25) is 14.8 Å². The van der Waals surface area contributed by atoms with Crippen LogP contribution in [0.3, 0.4) is 0 Å². The second-order valence-corrected chi connectivity index (χ2v) is 10.2. The average Bonchev–Trinajstić information content (AvgIpc) is 3.54. The standard InChI is InChI=1S/C24H38ClFN6O4/c1-30(10-11-36-2)15-19-8-5-9-32(19)22-21(26)20(28-24(25)29-22)13-27-23(34)18(14-31(35)16-33)12-17-6-3-4-7-17/h16-19,35H,3-15H2,1-2H3,(H,27,34)/t18-,19+/m1/s1. The highest BCUT2D eigenvalue weighted by Crippen LogP contribution is 2.31. The van der Waals surface area contributed by atoms with Gasteiger partial charge in [0.1, 0.15) is 5.69 Å². The van der Waals surface area contributed by atoms with E-state index in [1.54, 1.807) is 7.11 Å². The highest BCUT2D eigenvalue weighted by atomic mass is 35.5. The molecule has 0 radical (unpaired) electrons. The number of amides is 2. The van der Waals surface area contributed by atoms with E-state index in [4.69, 9.17) is 16.3 Å². The third-order valence-electron chi connectivity index (χ3n) is 7.15. The minimum absolute atomic E-state index is 0.00703. The summed E-state index contributed by atoms with van der Waals surface area (Å²) in [6, 6.07) is 0.0736. The van der Waals surface area contributed by atoms with Crippen molar-refractivity contribution in [1.29, 1.82) is 0 Å². The van der Waals surface area contributed by atoms with Crippen molar-refractivity contribution in [2.45, 2.75) is 57.5 Å². The SMILES string of the molecule is COCCN(C)C[C@@H]1CCCN1c1nc(Cl)nc(CNC(=O)[C@H](CC2CCCC2)CN(O)C=O)c1F. The highest BCUT2D eigenvalue weighted by molar-refractivity contribution is 6.28. The second kappa shape index (κ2) is 14.0. The summed E-state index contributed by atoms with van der Waals surface area (Å²) in [6.45, 7) is 2.48. The van der Waals surface area contributed by atoms with E-state index in [9.17, 15) is 14.8 Å². The molecule has 1 aromatic rings. The number of likely N-dealkylation sites (N-methyl/N-ethyl adjacent to an activating group) is 1. The molecule has 1 saturated carbocycles. The molecule has 2 N–H and O–H groups in total. The van der Waals surface area contributed by atoms with E-state index in [1.165, 1.54) is 0 Å². The maximum absolute atomic E-state index is 15.6. The Morgan fingerprint density at radius 3 is 2.78 bits per heavy atom. The number of nitrogens with one attached hydrogen (secondary N) is 1. The van der Waals surface area contributed by atoms with Gasteiger partial charge in [0.05, 0.1) is 25.6 Å². The van der Waals surface area contributed by atoms with E-state index < -0.39 is 11.7 Å². The maximum atomic E-state index is 15.6. The second-order valence-electron chi connectivity index (χ2n) is 9.85. The smallest absolute Gasteiger partial charge is 0.233 e. The van der Waals surface area contributed by atoms with Crippen LogP contribution in [0.5, 0.6) is 0 Å². The van der Waals surface area contributed by atoms with Crippen LogP contribution in [0.4, 0.5) is 10.2 Å². The number of carbonyl (C=O) groups is 2. The average molecular weight is 529 g/mol. The largest absolute Gasteiger partial charge is 0.383 e. The number of halogens is 2. The molecule has 1 aliphatic carbocycles. The first kappa shape index (κ1) is 28.5. The first-order valence-corrected chi connectivity index (χ1v) is 13.0. The van der Waals surface area contributed by atoms with E-state index in [0.29, 0.717) is 30.6 Å². The van der Waals surface area contributed by atoms with Gasteiger partial charge in [-0.2, -0.15) is 4.98 Å². The molecule has 2 aliphatic rings. The number of rotatable bonds is 14. The zero-order valence-electron chi connectivity index (χ0n) is 21.2. The zero-order chi connectivity index (χ0) is 26.1. The summed E-state index contributed by atoms with van der Waals surface area (Å²) in [5.74, 6) is -1.06. The molecule has 2 heterocycles. The molecule has 12 heteroatoms. The number of hydrogen-bond donors (Lipinski definition) is 2. The van der Waals surface area contributed by atoms with Crippen LogP contribution in [0.2, 0.25) is 5.28 Å². The van der Waals surface area contributed by atoms with Gasteiger partial charge in [-0.1, -0.05) is 25.7 Å². The lowest BCUT2D eigenvalue weighted by atomic mass is 9.92. The molecule has 2 fully saturated rings. The first-order valence-electron chi connectivity index (χ1n) is 12.7. The molecular formula is C24H38ClFN6O4. The van der Waals surface area contributed by atoms with Crippen molar-refractivity contribution in [3.05, 3.63) is 16.8 Å². The molecule has 202 valence electrons. The third-order valence-corrected chi connectivity index (χ3v) is 7.32. The summed E-state index contributed by atoms with van der Waals surface area (Å²) in [5, 5.41) is 12.8. The minimum Gasteiger partial charge on any atom is -0.383 e. The fourth-order valence-electron chi connectivity index (χ4n) is 5.26. The number of carbonyl (C=O) groups excluding carboxylic acids is 2. The Kier molecular flexibility index (Phi) is 11.1. The Balaban J connectivity index is 1.69. The molecule has 2 amide bonds. The number of methoxy groups -OCH3 is 1. The summed E-state index contributed by atoms with van der Waals surface area (Å²) >= 11 is 6.17. The third kappa shape index (κ3) is 7.96. The summed E-state index contributed by atoms with van der Waals surface area (Å²) in [4.78, 5) is 36.2. The lowest BCUT2D eigenvalue weighted by molar-refractivity contribution is -0.155. The van der Waals surface area contributed by atoms with Gasteiger partial charge in [0.2, 0.25) is 17.6 Å². The topological polar surface area (TPSA) is 111 Å². The van der Waals surface area contributed by atoms with E-state index in [2.05, 4.69) is 20.2 Å². The summed E-state index contributed by atoms with van der Waals surface area (Å²) < 4.78 is 20.7. The molecule has 0 spiro atoms. The molecule has 1 saturated heterocycles. The highest BCUT2D eigenvalue weighted by Gasteiger charge is 2.31. The van der Waals surface area contributed by atoms with Gasteiger partial charge in [0, 0.05) is 32.8 Å². The molecule has 1 aromatic heterocycles. The van der Waals surface area contributed by atoms with Crippen molar-refractivity contribution < 1.29 is 23.9 Å². The molecule has 0 unspecified atom stereocenters. The van der Waals surface area contributed by atoms with Gasteiger partial charge < -0.3 is 19.9 Å². The fraction of sp³-hybridized carbons (Fsp3) is 0.750. The van der Waals surface area contributed by atoms with E-state index in [-0.39, 0.29) is 48.2 Å². The normalized spacial score (nSPS) is 19.2. The molecule has 10 nitrogen and oxygen atoms in total. The number of hydroxylamine groups is 2. The van der Waals surface area contributed by atoms with Crippen LogP contribution in [-0.2, 0) is 20.9 Å². The maximum Gasteiger partial charge on any atom is 0.233 e. The van der Waals surface area contributed by atoms with Crippen molar-refractivity contribution in [1.82, 2.24) is 25.2 Å². The van der Waals surface area contributed by atoms with Crippen LogP contribution in [0.15, 0.2) is 0 Å². The first-order chi connectivity index (χ1) is 17.3. The molecule has 0 bridgehead atoms. The van der Waals surface area contributed by atoms with E-state index >= 15 is 4.39 Å². The van der Waals surface area contributed by atoms with Gasteiger partial charge in [0.25, 0.3) is 0 Å². The predicted octanol–water partition coefficient (Wildman–Crippen LogP) is 2.48. The quantitative estimate of drug-likeness (QED) is 0.164. The summed E-state index contributed by atoms with van der Waals surface area (Å²) in [6.07, 6.45) is 6.92. The summed E-state index contributed by atoms with van der Waals surface area (Å²) in [5.41, 5.74) is 0.00703. The van der Waals surface area contributed by atoms with Gasteiger partial charge in [0.15, 0.2) is 11.6 Å². The van der Waals surface area contributed by atoms with Crippen LogP contribution in [0.25, 0.3) is 0 Å². The van der Waals surface area contributed by atoms with E-state index in [0.717, 1.165) is 51.6 Å². The van der Waals surface area contributed by atoms with Crippen molar-refractivity contribution in [2.24, 2.45) is 11.8 Å². The van der Waals surface area contributed by atoms with Crippen molar-refractivity contribution in [2.75, 3.05) is 51.8 Å². The van der Waals surface area contributed by atoms with Crippen LogP contribution >= 0.6 is 11.6 Å². The molecule has 36 heavy (non-hydrogen) atoms. The lowest BCUT2D eigenvalue weighted by Gasteiger charge is -2.30. The van der Waals surface area contributed by atoms with Gasteiger partial charge in [-0.15, -0.1) is 0 Å². The van der Waals surface area contributed by atoms with Crippen molar-refractivity contribution in [3.63, 3.8) is 0 Å². The zero-order valence-corrected chi connectivity index (χ0v) is 21.9. The van der Waals surface area contributed by atoms with Gasteiger partial charge >= 0.3 is 0 Å². The summed E-state index contributed by atoms with van der Waals surface area (Å²) in [7, 11) is 3.66. The predicted molar refractivity (Wildman–Crippen MR) is 133 cm³/mol. The van der Waals surface area contributed by atoms with E-state index in [1.807, 2.05) is 11.9 Å². The number of aromatic nitrogens is 2. The van der Waals surface area contributed by atoms with Crippen LogP contribution < -0.4 is 10.2 Å². The minimum atomic E-state index is -0.603. The Morgan fingerprint density at radius 2 is 2.08 bits per heavy atom. The molecule has 3 rings (SSSR count). The fourth-order valence-corrected chi connectivity index (χ4v) is 5.44. The Hall–Kier alpha value is -2.08. The molecular weight excluding hydrogens is 491 g/mol. The van der Waals surface area contributed by atoms with Crippen LogP contribution in [-0.4, -0.2) is 90.4 Å². The number of anilines is 1. The van der Waals surface area contributed by atoms with Crippen molar-refractivity contribution >= 4 is 29.7 Å². The monoisotopic (exact) mass is 528 g/mol. The number of hydrogen-bond acceptors (Lipinski definition) is 8. The molecule has 1 aliphatic heterocycles. The Labute approximate surface area is 217 Å². The van der Waals surface area contributed by atoms with Crippen molar-refractivity contribution in [3.8, 4) is 0 Å². The number of nitrogens with zero attached hydrogens (tertiary/aromatic N) is 5. The molecule has 0 aromatic carbocycles. The molecule has 2 atom stereocenters.